The zero-order valence-corrected chi connectivity index (χ0v) is 15.4. The first kappa shape index (κ1) is 22.2. The van der Waals surface area contributed by atoms with Crippen LogP contribution in [0.4, 0.5) is 0 Å². The summed E-state index contributed by atoms with van der Waals surface area (Å²) in [6, 6.07) is 0. The average molecular weight is 327 g/mol. The SMILES string of the molecule is CCCCCCCC/C=C\CCCCCCC[C@H](O)C(=O)OC. The van der Waals surface area contributed by atoms with Gasteiger partial charge in [0.05, 0.1) is 7.11 Å². The van der Waals surface area contributed by atoms with Gasteiger partial charge in [0.15, 0.2) is 6.10 Å². The predicted octanol–water partition coefficient (Wildman–Crippen LogP) is 5.56. The van der Waals surface area contributed by atoms with Crippen molar-refractivity contribution >= 4 is 5.97 Å². The molecular weight excluding hydrogens is 288 g/mol. The Morgan fingerprint density at radius 3 is 1.87 bits per heavy atom. The Labute approximate surface area is 143 Å². The molecule has 0 aromatic rings. The summed E-state index contributed by atoms with van der Waals surface area (Å²) in [5.74, 6) is -0.513. The number of hydrogen-bond donors (Lipinski definition) is 1. The molecule has 136 valence electrons. The second kappa shape index (κ2) is 17.5. The van der Waals surface area contributed by atoms with Gasteiger partial charge in [0.1, 0.15) is 0 Å². The number of hydrogen-bond acceptors (Lipinski definition) is 3. The molecule has 23 heavy (non-hydrogen) atoms. The van der Waals surface area contributed by atoms with E-state index >= 15 is 0 Å². The van der Waals surface area contributed by atoms with Gasteiger partial charge in [0, 0.05) is 0 Å². The monoisotopic (exact) mass is 326 g/mol. The summed E-state index contributed by atoms with van der Waals surface area (Å²) >= 11 is 0. The van der Waals surface area contributed by atoms with Gasteiger partial charge >= 0.3 is 5.97 Å². The highest BCUT2D eigenvalue weighted by Gasteiger charge is 2.13. The van der Waals surface area contributed by atoms with E-state index in [1.165, 1.54) is 77.7 Å². The molecule has 0 saturated carbocycles. The molecule has 3 heteroatoms. The maximum absolute atomic E-state index is 11.0. The molecule has 1 N–H and O–H groups in total. The minimum Gasteiger partial charge on any atom is -0.467 e. The molecular formula is C20H38O3. The fourth-order valence-corrected chi connectivity index (χ4v) is 2.66. The van der Waals surface area contributed by atoms with Crippen LogP contribution in [-0.2, 0) is 9.53 Å². The number of rotatable bonds is 16. The number of aliphatic hydroxyl groups excluding tert-OH is 1. The maximum Gasteiger partial charge on any atom is 0.334 e. The molecule has 0 spiro atoms. The second-order valence-electron chi connectivity index (χ2n) is 6.41. The van der Waals surface area contributed by atoms with Crippen molar-refractivity contribution in [2.24, 2.45) is 0 Å². The smallest absolute Gasteiger partial charge is 0.334 e. The zero-order chi connectivity index (χ0) is 17.2. The van der Waals surface area contributed by atoms with Crippen molar-refractivity contribution in [3.05, 3.63) is 12.2 Å². The lowest BCUT2D eigenvalue weighted by Crippen LogP contribution is -2.21. The third-order valence-corrected chi connectivity index (χ3v) is 4.21. The van der Waals surface area contributed by atoms with Crippen molar-refractivity contribution in [2.45, 2.75) is 103 Å². The lowest BCUT2D eigenvalue weighted by atomic mass is 10.1. The highest BCUT2D eigenvalue weighted by molar-refractivity contribution is 5.74. The van der Waals surface area contributed by atoms with Crippen LogP contribution in [0.2, 0.25) is 0 Å². The summed E-state index contributed by atoms with van der Waals surface area (Å²) in [7, 11) is 1.31. The van der Waals surface area contributed by atoms with Crippen LogP contribution >= 0.6 is 0 Å². The van der Waals surface area contributed by atoms with Crippen molar-refractivity contribution < 1.29 is 14.6 Å². The van der Waals surface area contributed by atoms with Gasteiger partial charge in [-0.3, -0.25) is 0 Å². The third kappa shape index (κ3) is 15.8. The first-order valence-corrected chi connectivity index (χ1v) is 9.63. The average Bonchev–Trinajstić information content (AvgIpc) is 2.57. The number of aliphatic hydroxyl groups is 1. The lowest BCUT2D eigenvalue weighted by molar-refractivity contribution is -0.150. The summed E-state index contributed by atoms with van der Waals surface area (Å²) in [6.45, 7) is 2.26. The van der Waals surface area contributed by atoms with E-state index in [0.717, 1.165) is 12.8 Å². The van der Waals surface area contributed by atoms with E-state index < -0.39 is 12.1 Å². The predicted molar refractivity (Wildman–Crippen MR) is 97.5 cm³/mol. The Morgan fingerprint density at radius 1 is 0.870 bits per heavy atom. The summed E-state index contributed by atoms with van der Waals surface area (Å²) < 4.78 is 4.49. The number of carbonyl (C=O) groups is 1. The molecule has 0 aliphatic carbocycles. The van der Waals surface area contributed by atoms with E-state index in [9.17, 15) is 9.90 Å². The highest BCUT2D eigenvalue weighted by atomic mass is 16.5. The first-order chi connectivity index (χ1) is 11.2. The van der Waals surface area contributed by atoms with E-state index in [1.54, 1.807) is 0 Å². The number of allylic oxidation sites excluding steroid dienone is 2. The van der Waals surface area contributed by atoms with Gasteiger partial charge in [-0.2, -0.15) is 0 Å². The summed E-state index contributed by atoms with van der Waals surface area (Å²) in [6.07, 6.45) is 20.5. The molecule has 0 aliphatic rings. The van der Waals surface area contributed by atoms with Crippen LogP contribution in [0.15, 0.2) is 12.2 Å². The van der Waals surface area contributed by atoms with Crippen molar-refractivity contribution in [3.63, 3.8) is 0 Å². The minimum absolute atomic E-state index is 0.513. The molecule has 0 aliphatic heterocycles. The Morgan fingerprint density at radius 2 is 1.35 bits per heavy atom. The number of methoxy groups -OCH3 is 1. The zero-order valence-electron chi connectivity index (χ0n) is 15.4. The first-order valence-electron chi connectivity index (χ1n) is 9.63. The van der Waals surface area contributed by atoms with Gasteiger partial charge in [-0.25, -0.2) is 4.79 Å². The quantitative estimate of drug-likeness (QED) is 0.229. The molecule has 0 heterocycles. The molecule has 0 fully saturated rings. The second-order valence-corrected chi connectivity index (χ2v) is 6.41. The van der Waals surface area contributed by atoms with Crippen molar-refractivity contribution in [3.8, 4) is 0 Å². The molecule has 0 aromatic carbocycles. The largest absolute Gasteiger partial charge is 0.467 e. The van der Waals surface area contributed by atoms with Gasteiger partial charge in [0.25, 0.3) is 0 Å². The summed E-state index contributed by atoms with van der Waals surface area (Å²) in [5, 5.41) is 9.44. The van der Waals surface area contributed by atoms with Crippen LogP contribution in [0.1, 0.15) is 96.8 Å². The van der Waals surface area contributed by atoms with Gasteiger partial charge < -0.3 is 9.84 Å². The number of esters is 1. The van der Waals surface area contributed by atoms with E-state index in [0.29, 0.717) is 6.42 Å². The van der Waals surface area contributed by atoms with Gasteiger partial charge in [-0.1, -0.05) is 76.9 Å². The Hall–Kier alpha value is -0.830. The van der Waals surface area contributed by atoms with Gasteiger partial charge in [-0.15, -0.1) is 0 Å². The van der Waals surface area contributed by atoms with E-state index in [4.69, 9.17) is 0 Å². The van der Waals surface area contributed by atoms with Crippen LogP contribution in [0, 0.1) is 0 Å². The topological polar surface area (TPSA) is 46.5 Å². The van der Waals surface area contributed by atoms with E-state index in [1.807, 2.05) is 0 Å². The summed E-state index contributed by atoms with van der Waals surface area (Å²) in [5.41, 5.74) is 0. The molecule has 0 rings (SSSR count). The fourth-order valence-electron chi connectivity index (χ4n) is 2.66. The van der Waals surface area contributed by atoms with Gasteiger partial charge in [0.2, 0.25) is 0 Å². The number of carbonyl (C=O) groups excluding carboxylic acids is 1. The Kier molecular flexibility index (Phi) is 16.9. The molecule has 0 bridgehead atoms. The third-order valence-electron chi connectivity index (χ3n) is 4.21. The molecule has 0 amide bonds. The molecule has 0 saturated heterocycles. The standard InChI is InChI=1S/C20H38O3/c1-3-4-5-6-7-8-9-10-11-12-13-14-15-16-17-18-19(21)20(22)23-2/h10-11,19,21H,3-9,12-18H2,1-2H3/b11-10-/t19-/m0/s1. The fraction of sp³-hybridized carbons (Fsp3) is 0.850. The maximum atomic E-state index is 11.0. The van der Waals surface area contributed by atoms with Crippen LogP contribution in [-0.4, -0.2) is 24.3 Å². The molecule has 3 nitrogen and oxygen atoms in total. The Balaban J connectivity index is 3.20. The van der Waals surface area contributed by atoms with Crippen LogP contribution in [0.25, 0.3) is 0 Å². The Bertz CT molecular complexity index is 287. The van der Waals surface area contributed by atoms with E-state index in [2.05, 4.69) is 23.8 Å². The minimum atomic E-state index is -0.940. The van der Waals surface area contributed by atoms with Crippen LogP contribution in [0.3, 0.4) is 0 Å². The van der Waals surface area contributed by atoms with Crippen molar-refractivity contribution in [1.82, 2.24) is 0 Å². The van der Waals surface area contributed by atoms with E-state index in [-0.39, 0.29) is 0 Å². The molecule has 0 aromatic heterocycles. The molecule has 0 radical (unpaired) electrons. The number of ether oxygens (including phenoxy) is 1. The summed E-state index contributed by atoms with van der Waals surface area (Å²) in [4.78, 5) is 11.0. The van der Waals surface area contributed by atoms with Crippen molar-refractivity contribution in [2.75, 3.05) is 7.11 Å². The molecule has 1 atom stereocenters. The van der Waals surface area contributed by atoms with Gasteiger partial charge in [-0.05, 0) is 32.1 Å². The van der Waals surface area contributed by atoms with Crippen molar-refractivity contribution in [1.29, 1.82) is 0 Å². The normalized spacial score (nSPS) is 12.7. The highest BCUT2D eigenvalue weighted by Crippen LogP contribution is 2.11. The molecule has 0 unspecified atom stereocenters. The number of unbranched alkanes of at least 4 members (excludes halogenated alkanes) is 11. The van der Waals surface area contributed by atoms with Crippen LogP contribution in [0.5, 0.6) is 0 Å². The van der Waals surface area contributed by atoms with Crippen LogP contribution < -0.4 is 0 Å². The lowest BCUT2D eigenvalue weighted by Gasteiger charge is -2.07.